The fraction of sp³-hybridized carbons (Fsp3) is 1.00. The first kappa shape index (κ1) is 12.3. The zero-order valence-electron chi connectivity index (χ0n) is 10.7. The third-order valence-electron chi connectivity index (χ3n) is 3.91. The highest BCUT2D eigenvalue weighted by Crippen LogP contribution is 2.17. The maximum absolute atomic E-state index is 5.85. The van der Waals surface area contributed by atoms with Crippen LogP contribution >= 0.6 is 0 Å². The van der Waals surface area contributed by atoms with E-state index < -0.39 is 0 Å². The van der Waals surface area contributed by atoms with Gasteiger partial charge in [0.1, 0.15) is 0 Å². The number of hydrogen-bond acceptors (Lipinski definition) is 3. The van der Waals surface area contributed by atoms with Crippen molar-refractivity contribution < 1.29 is 4.74 Å². The van der Waals surface area contributed by atoms with E-state index in [9.17, 15) is 0 Å². The van der Waals surface area contributed by atoms with Crippen LogP contribution in [0.25, 0.3) is 0 Å². The summed E-state index contributed by atoms with van der Waals surface area (Å²) < 4.78 is 5.85. The maximum atomic E-state index is 5.85. The van der Waals surface area contributed by atoms with E-state index in [4.69, 9.17) is 4.74 Å². The van der Waals surface area contributed by atoms with Crippen molar-refractivity contribution in [2.45, 2.75) is 57.7 Å². The normalized spacial score (nSPS) is 37.5. The van der Waals surface area contributed by atoms with Gasteiger partial charge in [-0.2, -0.15) is 0 Å². The summed E-state index contributed by atoms with van der Waals surface area (Å²) in [5, 5.41) is 3.57. The minimum Gasteiger partial charge on any atom is -0.377 e. The lowest BCUT2D eigenvalue weighted by Crippen LogP contribution is -2.57. The van der Waals surface area contributed by atoms with Crippen LogP contribution in [0.15, 0.2) is 0 Å². The van der Waals surface area contributed by atoms with Gasteiger partial charge in [-0.25, -0.2) is 0 Å². The minimum atomic E-state index is 0.494. The molecule has 3 nitrogen and oxygen atoms in total. The molecule has 0 aliphatic carbocycles. The molecule has 1 N–H and O–H groups in total. The van der Waals surface area contributed by atoms with Crippen LogP contribution in [0.5, 0.6) is 0 Å². The second-order valence-corrected chi connectivity index (χ2v) is 5.31. The van der Waals surface area contributed by atoms with Gasteiger partial charge in [-0.05, 0) is 32.6 Å². The van der Waals surface area contributed by atoms with E-state index in [1.165, 1.54) is 32.2 Å². The van der Waals surface area contributed by atoms with Gasteiger partial charge in [0.25, 0.3) is 0 Å². The Labute approximate surface area is 99.5 Å². The molecule has 2 rings (SSSR count). The number of hydrogen-bond donors (Lipinski definition) is 1. The molecular weight excluding hydrogens is 200 g/mol. The summed E-state index contributed by atoms with van der Waals surface area (Å²) in [7, 11) is 0. The molecule has 0 aromatic heterocycles. The Kier molecular flexibility index (Phi) is 4.62. The Balaban J connectivity index is 1.84. The van der Waals surface area contributed by atoms with Crippen LogP contribution in [0.4, 0.5) is 0 Å². The molecule has 2 aliphatic heterocycles. The summed E-state index contributed by atoms with van der Waals surface area (Å²) >= 11 is 0. The fourth-order valence-corrected chi connectivity index (χ4v) is 2.87. The third kappa shape index (κ3) is 3.19. The first-order chi connectivity index (χ1) is 7.79. The topological polar surface area (TPSA) is 24.5 Å². The summed E-state index contributed by atoms with van der Waals surface area (Å²) in [6.45, 7) is 9.01. The Morgan fingerprint density at radius 2 is 2.25 bits per heavy atom. The molecule has 3 atom stereocenters. The molecule has 16 heavy (non-hydrogen) atoms. The van der Waals surface area contributed by atoms with E-state index in [2.05, 4.69) is 24.1 Å². The summed E-state index contributed by atoms with van der Waals surface area (Å²) in [6.07, 6.45) is 5.60. The molecule has 0 amide bonds. The summed E-state index contributed by atoms with van der Waals surface area (Å²) in [5.41, 5.74) is 0. The number of ether oxygens (including phenoxy) is 1. The van der Waals surface area contributed by atoms with Crippen molar-refractivity contribution in [3.05, 3.63) is 0 Å². The molecule has 0 spiro atoms. The molecule has 2 aliphatic rings. The highest BCUT2D eigenvalue weighted by atomic mass is 16.5. The van der Waals surface area contributed by atoms with Gasteiger partial charge in [-0.1, -0.05) is 6.92 Å². The molecule has 2 saturated heterocycles. The molecule has 0 radical (unpaired) electrons. The van der Waals surface area contributed by atoms with Gasteiger partial charge in [0.2, 0.25) is 0 Å². The van der Waals surface area contributed by atoms with E-state index in [0.717, 1.165) is 19.7 Å². The molecule has 0 aromatic rings. The SMILES string of the molecule is CCC1CNC(C)CN1CC1CCCCO1. The second-order valence-electron chi connectivity index (χ2n) is 5.31. The Hall–Kier alpha value is -0.120. The van der Waals surface area contributed by atoms with Crippen LogP contribution in [-0.2, 0) is 4.74 Å². The van der Waals surface area contributed by atoms with E-state index in [1.807, 2.05) is 0 Å². The predicted octanol–water partition coefficient (Wildman–Crippen LogP) is 1.63. The molecule has 0 saturated carbocycles. The molecule has 3 heteroatoms. The van der Waals surface area contributed by atoms with Crippen LogP contribution in [0.1, 0.15) is 39.5 Å². The lowest BCUT2D eigenvalue weighted by Gasteiger charge is -2.41. The number of piperazine rings is 1. The van der Waals surface area contributed by atoms with Crippen LogP contribution in [0.2, 0.25) is 0 Å². The molecule has 0 bridgehead atoms. The third-order valence-corrected chi connectivity index (χ3v) is 3.91. The van der Waals surface area contributed by atoms with Crippen molar-refractivity contribution in [3.8, 4) is 0 Å². The summed E-state index contributed by atoms with van der Waals surface area (Å²) in [5.74, 6) is 0. The number of nitrogens with one attached hydrogen (secondary N) is 1. The monoisotopic (exact) mass is 226 g/mol. The minimum absolute atomic E-state index is 0.494. The van der Waals surface area contributed by atoms with Gasteiger partial charge in [-0.15, -0.1) is 0 Å². The average molecular weight is 226 g/mol. The maximum Gasteiger partial charge on any atom is 0.0702 e. The van der Waals surface area contributed by atoms with E-state index >= 15 is 0 Å². The van der Waals surface area contributed by atoms with E-state index in [-0.39, 0.29) is 0 Å². The summed E-state index contributed by atoms with van der Waals surface area (Å²) in [6, 6.07) is 1.34. The Morgan fingerprint density at radius 1 is 1.38 bits per heavy atom. The number of nitrogens with zero attached hydrogens (tertiary/aromatic N) is 1. The van der Waals surface area contributed by atoms with Crippen LogP contribution in [0.3, 0.4) is 0 Å². The van der Waals surface area contributed by atoms with Crippen molar-refractivity contribution in [2.24, 2.45) is 0 Å². The van der Waals surface area contributed by atoms with Gasteiger partial charge >= 0.3 is 0 Å². The van der Waals surface area contributed by atoms with Crippen molar-refractivity contribution in [3.63, 3.8) is 0 Å². The zero-order valence-corrected chi connectivity index (χ0v) is 10.7. The molecule has 2 fully saturated rings. The highest BCUT2D eigenvalue weighted by Gasteiger charge is 2.27. The molecule has 94 valence electrons. The van der Waals surface area contributed by atoms with Crippen LogP contribution < -0.4 is 5.32 Å². The smallest absolute Gasteiger partial charge is 0.0702 e. The van der Waals surface area contributed by atoms with Crippen molar-refractivity contribution in [1.82, 2.24) is 10.2 Å². The largest absolute Gasteiger partial charge is 0.377 e. The molecular formula is C13H26N2O. The zero-order chi connectivity index (χ0) is 11.4. The predicted molar refractivity (Wildman–Crippen MR) is 66.7 cm³/mol. The summed E-state index contributed by atoms with van der Waals surface area (Å²) in [4.78, 5) is 2.64. The first-order valence-electron chi connectivity index (χ1n) is 6.88. The van der Waals surface area contributed by atoms with Crippen LogP contribution in [0, 0.1) is 0 Å². The van der Waals surface area contributed by atoms with Gasteiger partial charge < -0.3 is 10.1 Å². The van der Waals surface area contributed by atoms with Gasteiger partial charge in [0.05, 0.1) is 6.10 Å². The molecule has 0 aromatic carbocycles. The standard InChI is InChI=1S/C13H26N2O/c1-3-12-8-14-11(2)9-15(12)10-13-6-4-5-7-16-13/h11-14H,3-10H2,1-2H3. The Morgan fingerprint density at radius 3 is 2.94 bits per heavy atom. The first-order valence-corrected chi connectivity index (χ1v) is 6.88. The Bertz CT molecular complexity index is 204. The average Bonchev–Trinajstić information content (AvgIpc) is 2.31. The van der Waals surface area contributed by atoms with E-state index in [0.29, 0.717) is 18.2 Å². The van der Waals surface area contributed by atoms with Crippen molar-refractivity contribution >= 4 is 0 Å². The number of rotatable bonds is 3. The van der Waals surface area contributed by atoms with E-state index in [1.54, 1.807) is 0 Å². The van der Waals surface area contributed by atoms with Crippen molar-refractivity contribution in [1.29, 1.82) is 0 Å². The van der Waals surface area contributed by atoms with Gasteiger partial charge in [-0.3, -0.25) is 4.90 Å². The van der Waals surface area contributed by atoms with Crippen molar-refractivity contribution in [2.75, 3.05) is 26.2 Å². The van der Waals surface area contributed by atoms with Gasteiger partial charge in [0.15, 0.2) is 0 Å². The second kappa shape index (κ2) is 5.99. The highest BCUT2D eigenvalue weighted by molar-refractivity contribution is 4.85. The fourth-order valence-electron chi connectivity index (χ4n) is 2.87. The quantitative estimate of drug-likeness (QED) is 0.791. The molecule has 3 unspecified atom stereocenters. The lowest BCUT2D eigenvalue weighted by molar-refractivity contribution is -0.0209. The van der Waals surface area contributed by atoms with Crippen LogP contribution in [-0.4, -0.2) is 49.3 Å². The lowest BCUT2D eigenvalue weighted by atomic mass is 10.0. The molecule has 2 heterocycles. The van der Waals surface area contributed by atoms with Gasteiger partial charge in [0, 0.05) is 38.3 Å².